The van der Waals surface area contributed by atoms with Gasteiger partial charge in [0.05, 0.1) is 18.0 Å². The quantitative estimate of drug-likeness (QED) is 0.626. The molecule has 1 aliphatic heterocycles. The van der Waals surface area contributed by atoms with E-state index in [1.165, 1.54) is 0 Å². The predicted octanol–water partition coefficient (Wildman–Crippen LogP) is 0.713. The van der Waals surface area contributed by atoms with E-state index in [0.717, 1.165) is 19.3 Å². The van der Waals surface area contributed by atoms with Gasteiger partial charge in [-0.3, -0.25) is 4.79 Å². The number of nitrogens with zero attached hydrogens (tertiary/aromatic N) is 1. The van der Waals surface area contributed by atoms with Gasteiger partial charge in [0.2, 0.25) is 15.9 Å². The SMILES string of the molecule is COCCNCC(=O)NCc1ccccc1S(=O)(=O)N1CCCCC1. The number of carbonyl (C=O) groups is 1. The molecule has 7 nitrogen and oxygen atoms in total. The standard InChI is InChI=1S/C17H27N3O4S/c1-24-12-9-18-14-17(21)19-13-15-7-3-4-8-16(15)25(22,23)20-10-5-2-6-11-20/h3-4,7-8,18H,2,5-6,9-14H2,1H3,(H,19,21). The third kappa shape index (κ3) is 5.78. The first-order valence-corrected chi connectivity index (χ1v) is 10.0. The molecule has 0 aromatic heterocycles. The van der Waals surface area contributed by atoms with Crippen LogP contribution >= 0.6 is 0 Å². The molecular weight excluding hydrogens is 342 g/mol. The van der Waals surface area contributed by atoms with Crippen molar-refractivity contribution in [2.75, 3.05) is 39.9 Å². The van der Waals surface area contributed by atoms with Gasteiger partial charge in [-0.15, -0.1) is 0 Å². The Bertz CT molecular complexity index is 658. The predicted molar refractivity (Wildman–Crippen MR) is 95.6 cm³/mol. The summed E-state index contributed by atoms with van der Waals surface area (Å²) in [4.78, 5) is 12.1. The molecule has 1 amide bonds. The van der Waals surface area contributed by atoms with Crippen LogP contribution < -0.4 is 10.6 Å². The van der Waals surface area contributed by atoms with Gasteiger partial charge in [0, 0.05) is 33.3 Å². The zero-order valence-electron chi connectivity index (χ0n) is 14.7. The fourth-order valence-corrected chi connectivity index (χ4v) is 4.52. The van der Waals surface area contributed by atoms with E-state index in [1.807, 2.05) is 0 Å². The van der Waals surface area contributed by atoms with Crippen LogP contribution in [0.2, 0.25) is 0 Å². The highest BCUT2D eigenvalue weighted by Crippen LogP contribution is 2.23. The van der Waals surface area contributed by atoms with Crippen LogP contribution in [-0.2, 0) is 26.1 Å². The van der Waals surface area contributed by atoms with Crippen molar-refractivity contribution in [1.82, 2.24) is 14.9 Å². The van der Waals surface area contributed by atoms with Crippen LogP contribution in [0.5, 0.6) is 0 Å². The third-order valence-electron chi connectivity index (χ3n) is 4.15. The molecular formula is C17H27N3O4S. The molecule has 1 heterocycles. The second kappa shape index (κ2) is 9.86. The van der Waals surface area contributed by atoms with Crippen LogP contribution in [0.3, 0.4) is 0 Å². The van der Waals surface area contributed by atoms with Gasteiger partial charge in [0.15, 0.2) is 0 Å². The van der Waals surface area contributed by atoms with E-state index >= 15 is 0 Å². The molecule has 0 radical (unpaired) electrons. The normalized spacial score (nSPS) is 15.9. The lowest BCUT2D eigenvalue weighted by Crippen LogP contribution is -2.37. The molecule has 1 saturated heterocycles. The number of piperidine rings is 1. The first kappa shape index (κ1) is 19.8. The summed E-state index contributed by atoms with van der Waals surface area (Å²) in [5.41, 5.74) is 0.610. The van der Waals surface area contributed by atoms with Gasteiger partial charge in [-0.25, -0.2) is 8.42 Å². The number of nitrogens with one attached hydrogen (secondary N) is 2. The van der Waals surface area contributed by atoms with E-state index in [2.05, 4.69) is 10.6 Å². The van der Waals surface area contributed by atoms with Gasteiger partial charge in [-0.1, -0.05) is 24.6 Å². The Morgan fingerprint density at radius 2 is 1.92 bits per heavy atom. The Kier molecular flexibility index (Phi) is 7.83. The van der Waals surface area contributed by atoms with Gasteiger partial charge in [-0.05, 0) is 24.5 Å². The Balaban J connectivity index is 1.99. The lowest BCUT2D eigenvalue weighted by molar-refractivity contribution is -0.120. The molecule has 0 bridgehead atoms. The maximum Gasteiger partial charge on any atom is 0.243 e. The summed E-state index contributed by atoms with van der Waals surface area (Å²) in [6.07, 6.45) is 2.86. The number of amides is 1. The van der Waals surface area contributed by atoms with Gasteiger partial charge in [0.1, 0.15) is 0 Å². The summed E-state index contributed by atoms with van der Waals surface area (Å²) in [5, 5.41) is 5.72. The maximum atomic E-state index is 12.9. The van der Waals surface area contributed by atoms with E-state index in [0.29, 0.717) is 31.8 Å². The Hall–Kier alpha value is -1.48. The van der Waals surface area contributed by atoms with Crippen LogP contribution in [0.1, 0.15) is 24.8 Å². The summed E-state index contributed by atoms with van der Waals surface area (Å²) in [5.74, 6) is -0.179. The van der Waals surface area contributed by atoms with Crippen molar-refractivity contribution in [3.63, 3.8) is 0 Å². The summed E-state index contributed by atoms with van der Waals surface area (Å²) < 4.78 is 32.2. The largest absolute Gasteiger partial charge is 0.383 e. The van der Waals surface area contributed by atoms with Crippen molar-refractivity contribution in [1.29, 1.82) is 0 Å². The second-order valence-electron chi connectivity index (χ2n) is 6.02. The number of rotatable bonds is 9. The number of ether oxygens (including phenoxy) is 1. The summed E-state index contributed by atoms with van der Waals surface area (Å²) in [6.45, 7) is 2.60. The average Bonchev–Trinajstić information content (AvgIpc) is 2.64. The van der Waals surface area contributed by atoms with Crippen LogP contribution in [0.15, 0.2) is 29.2 Å². The number of carbonyl (C=O) groups excluding carboxylic acids is 1. The highest BCUT2D eigenvalue weighted by molar-refractivity contribution is 7.89. The summed E-state index contributed by atoms with van der Waals surface area (Å²) in [7, 11) is -1.92. The van der Waals surface area contributed by atoms with E-state index < -0.39 is 10.0 Å². The highest BCUT2D eigenvalue weighted by Gasteiger charge is 2.27. The van der Waals surface area contributed by atoms with Gasteiger partial charge in [-0.2, -0.15) is 4.31 Å². The van der Waals surface area contributed by atoms with Crippen molar-refractivity contribution >= 4 is 15.9 Å². The van der Waals surface area contributed by atoms with Crippen molar-refractivity contribution in [2.24, 2.45) is 0 Å². The molecule has 1 aliphatic rings. The van der Waals surface area contributed by atoms with Crippen LogP contribution in [0.4, 0.5) is 0 Å². The van der Waals surface area contributed by atoms with Gasteiger partial charge >= 0.3 is 0 Å². The molecule has 0 saturated carbocycles. The van der Waals surface area contributed by atoms with E-state index in [1.54, 1.807) is 35.7 Å². The van der Waals surface area contributed by atoms with Crippen molar-refractivity contribution in [3.05, 3.63) is 29.8 Å². The molecule has 1 aromatic carbocycles. The molecule has 1 aromatic rings. The summed E-state index contributed by atoms with van der Waals surface area (Å²) in [6, 6.07) is 6.86. The van der Waals surface area contributed by atoms with E-state index in [4.69, 9.17) is 4.74 Å². The smallest absolute Gasteiger partial charge is 0.243 e. The monoisotopic (exact) mass is 369 g/mol. The Morgan fingerprint density at radius 1 is 1.20 bits per heavy atom. The lowest BCUT2D eigenvalue weighted by atomic mass is 10.2. The fraction of sp³-hybridized carbons (Fsp3) is 0.588. The fourth-order valence-electron chi connectivity index (χ4n) is 2.78. The summed E-state index contributed by atoms with van der Waals surface area (Å²) >= 11 is 0. The van der Waals surface area contributed by atoms with Gasteiger partial charge < -0.3 is 15.4 Å². The number of methoxy groups -OCH3 is 1. The van der Waals surface area contributed by atoms with Crippen LogP contribution in [-0.4, -0.2) is 58.5 Å². The first-order chi connectivity index (χ1) is 12.1. The van der Waals surface area contributed by atoms with Gasteiger partial charge in [0.25, 0.3) is 0 Å². The topological polar surface area (TPSA) is 87.7 Å². The van der Waals surface area contributed by atoms with E-state index in [-0.39, 0.29) is 23.9 Å². The average molecular weight is 369 g/mol. The minimum atomic E-state index is -3.51. The minimum Gasteiger partial charge on any atom is -0.383 e. The first-order valence-electron chi connectivity index (χ1n) is 8.60. The lowest BCUT2D eigenvalue weighted by Gasteiger charge is -2.26. The maximum absolute atomic E-state index is 12.9. The number of hydrogen-bond acceptors (Lipinski definition) is 5. The Labute approximate surface area is 149 Å². The van der Waals surface area contributed by atoms with Crippen LogP contribution in [0, 0.1) is 0 Å². The molecule has 0 spiro atoms. The Morgan fingerprint density at radius 3 is 2.64 bits per heavy atom. The second-order valence-corrected chi connectivity index (χ2v) is 7.93. The van der Waals surface area contributed by atoms with Crippen molar-refractivity contribution in [3.8, 4) is 0 Å². The number of sulfonamides is 1. The molecule has 140 valence electrons. The molecule has 0 atom stereocenters. The van der Waals surface area contributed by atoms with Crippen molar-refractivity contribution < 1.29 is 17.9 Å². The zero-order chi connectivity index (χ0) is 18.1. The highest BCUT2D eigenvalue weighted by atomic mass is 32.2. The molecule has 0 aliphatic carbocycles. The third-order valence-corrected chi connectivity index (χ3v) is 6.15. The molecule has 2 N–H and O–H groups in total. The molecule has 1 fully saturated rings. The molecule has 0 unspecified atom stereocenters. The molecule has 2 rings (SSSR count). The van der Waals surface area contributed by atoms with Crippen LogP contribution in [0.25, 0.3) is 0 Å². The minimum absolute atomic E-state index is 0.171. The van der Waals surface area contributed by atoms with E-state index in [9.17, 15) is 13.2 Å². The number of hydrogen-bond donors (Lipinski definition) is 2. The number of benzene rings is 1. The molecule has 8 heteroatoms. The van der Waals surface area contributed by atoms with Crippen molar-refractivity contribution in [2.45, 2.75) is 30.7 Å². The molecule has 25 heavy (non-hydrogen) atoms. The zero-order valence-corrected chi connectivity index (χ0v) is 15.5.